The molecule has 0 saturated heterocycles. The van der Waals surface area contributed by atoms with Crippen molar-refractivity contribution in [3.63, 3.8) is 0 Å². The fourth-order valence-corrected chi connectivity index (χ4v) is 4.36. The fraction of sp³-hybridized carbons (Fsp3) is 0.450. The van der Waals surface area contributed by atoms with Gasteiger partial charge in [-0.2, -0.15) is 14.3 Å². The summed E-state index contributed by atoms with van der Waals surface area (Å²) in [6, 6.07) is 6.13. The molecule has 7 nitrogen and oxygen atoms in total. The number of aromatic nitrogens is 4. The lowest BCUT2D eigenvalue weighted by atomic mass is 9.83. The van der Waals surface area contributed by atoms with Gasteiger partial charge in [0.1, 0.15) is 11.6 Å². The van der Waals surface area contributed by atoms with Gasteiger partial charge in [0.05, 0.1) is 10.7 Å². The number of fused-ring (bicyclic) bond motifs is 1. The molecule has 0 spiro atoms. The zero-order valence-electron chi connectivity index (χ0n) is 15.9. The molecule has 3 aromatic heterocycles. The van der Waals surface area contributed by atoms with Crippen molar-refractivity contribution in [2.45, 2.75) is 51.6 Å². The third-order valence-corrected chi connectivity index (χ3v) is 6.06. The zero-order chi connectivity index (χ0) is 19.5. The predicted octanol–water partition coefficient (Wildman–Crippen LogP) is 4.12. The van der Waals surface area contributed by atoms with Gasteiger partial charge in [-0.05, 0) is 40.8 Å². The normalized spacial score (nSPS) is 19.6. The first-order chi connectivity index (χ1) is 13.6. The molecule has 4 rings (SSSR count). The Kier molecular flexibility index (Phi) is 5.66. The molecule has 28 heavy (non-hydrogen) atoms. The number of halogens is 1. The molecular formula is C20H25BrN6O. The van der Waals surface area contributed by atoms with E-state index in [0.717, 1.165) is 32.0 Å². The Morgan fingerprint density at radius 1 is 1.36 bits per heavy atom. The summed E-state index contributed by atoms with van der Waals surface area (Å²) in [4.78, 5) is 4.78. The van der Waals surface area contributed by atoms with Gasteiger partial charge in [0.2, 0.25) is 0 Å². The van der Waals surface area contributed by atoms with E-state index >= 15 is 0 Å². The Bertz CT molecular complexity index is 959. The first kappa shape index (κ1) is 19.0. The monoisotopic (exact) mass is 444 g/mol. The quantitative estimate of drug-likeness (QED) is 0.441. The standard InChI is InChI=1S/C20H25BrN6O/c1-2-15-7-3-4-8-17(15)24-18-10-19(27-20(25-18)16(21)12-23-27)22-11-14-6-5-9-26(28)13-14/h5-6,9-10,12-13,15,17,22H,2-4,7-8,11H2,1H3,(H,24,25)/t15-,17+/m0/s1. The van der Waals surface area contributed by atoms with E-state index in [1.165, 1.54) is 38.3 Å². The minimum absolute atomic E-state index is 0.455. The van der Waals surface area contributed by atoms with Crippen LogP contribution in [-0.4, -0.2) is 20.6 Å². The molecule has 148 valence electrons. The lowest BCUT2D eigenvalue weighted by Crippen LogP contribution is -2.32. The molecule has 0 aromatic carbocycles. The van der Waals surface area contributed by atoms with E-state index in [0.29, 0.717) is 18.5 Å². The van der Waals surface area contributed by atoms with Gasteiger partial charge in [-0.3, -0.25) is 0 Å². The van der Waals surface area contributed by atoms with Gasteiger partial charge in [0.25, 0.3) is 0 Å². The summed E-state index contributed by atoms with van der Waals surface area (Å²) in [5, 5.41) is 23.0. The lowest BCUT2D eigenvalue weighted by Gasteiger charge is -2.32. The minimum atomic E-state index is 0.455. The Labute approximate surface area is 172 Å². The molecule has 1 saturated carbocycles. The van der Waals surface area contributed by atoms with Crippen molar-refractivity contribution in [1.29, 1.82) is 0 Å². The average Bonchev–Trinajstić information content (AvgIpc) is 3.08. The van der Waals surface area contributed by atoms with Crippen molar-refractivity contribution in [3.8, 4) is 0 Å². The summed E-state index contributed by atoms with van der Waals surface area (Å²) in [5.41, 5.74) is 1.67. The Morgan fingerprint density at radius 3 is 3.04 bits per heavy atom. The number of anilines is 2. The highest BCUT2D eigenvalue weighted by molar-refractivity contribution is 9.10. The van der Waals surface area contributed by atoms with E-state index in [2.05, 4.69) is 38.6 Å². The van der Waals surface area contributed by atoms with Crippen LogP contribution in [0.1, 0.15) is 44.6 Å². The summed E-state index contributed by atoms with van der Waals surface area (Å²) in [6.45, 7) is 2.80. The molecule has 1 aliphatic rings. The van der Waals surface area contributed by atoms with Crippen LogP contribution in [0.2, 0.25) is 0 Å². The van der Waals surface area contributed by atoms with Crippen LogP contribution in [0.5, 0.6) is 0 Å². The number of nitrogens with one attached hydrogen (secondary N) is 2. The average molecular weight is 445 g/mol. The summed E-state index contributed by atoms with van der Waals surface area (Å²) in [7, 11) is 0. The molecule has 2 atom stereocenters. The predicted molar refractivity (Wildman–Crippen MR) is 113 cm³/mol. The molecule has 1 fully saturated rings. The third-order valence-electron chi connectivity index (χ3n) is 5.51. The van der Waals surface area contributed by atoms with Crippen LogP contribution in [0.15, 0.2) is 41.3 Å². The van der Waals surface area contributed by atoms with E-state index < -0.39 is 0 Å². The molecule has 1 aliphatic carbocycles. The molecule has 8 heteroatoms. The van der Waals surface area contributed by atoms with Crippen LogP contribution < -0.4 is 15.4 Å². The summed E-state index contributed by atoms with van der Waals surface area (Å²) >= 11 is 3.55. The largest absolute Gasteiger partial charge is 0.619 e. The van der Waals surface area contributed by atoms with Gasteiger partial charge in [0.15, 0.2) is 18.0 Å². The molecule has 0 aliphatic heterocycles. The Hall–Kier alpha value is -2.35. The topological polar surface area (TPSA) is 81.2 Å². The van der Waals surface area contributed by atoms with Crippen LogP contribution in [0.25, 0.3) is 5.65 Å². The second-order valence-corrected chi connectivity index (χ2v) is 8.24. The number of rotatable bonds is 6. The van der Waals surface area contributed by atoms with Crippen molar-refractivity contribution in [2.24, 2.45) is 5.92 Å². The maximum Gasteiger partial charge on any atom is 0.185 e. The number of pyridine rings is 1. The van der Waals surface area contributed by atoms with Gasteiger partial charge in [0, 0.05) is 30.3 Å². The van der Waals surface area contributed by atoms with Crippen LogP contribution in [0.4, 0.5) is 11.6 Å². The van der Waals surface area contributed by atoms with E-state index in [1.807, 2.05) is 12.1 Å². The summed E-state index contributed by atoms with van der Waals surface area (Å²) < 4.78 is 3.44. The highest BCUT2D eigenvalue weighted by Crippen LogP contribution is 2.30. The fourth-order valence-electron chi connectivity index (χ4n) is 4.01. The van der Waals surface area contributed by atoms with Gasteiger partial charge in [-0.25, -0.2) is 4.98 Å². The molecule has 2 N–H and O–H groups in total. The molecule has 3 aromatic rings. The first-order valence-electron chi connectivity index (χ1n) is 9.86. The van der Waals surface area contributed by atoms with Crippen LogP contribution in [0, 0.1) is 11.1 Å². The highest BCUT2D eigenvalue weighted by atomic mass is 79.9. The van der Waals surface area contributed by atoms with E-state index in [-0.39, 0.29) is 0 Å². The van der Waals surface area contributed by atoms with Gasteiger partial charge < -0.3 is 15.8 Å². The van der Waals surface area contributed by atoms with Crippen molar-refractivity contribution in [1.82, 2.24) is 14.6 Å². The number of nitrogens with zero attached hydrogens (tertiary/aromatic N) is 4. The minimum Gasteiger partial charge on any atom is -0.619 e. The van der Waals surface area contributed by atoms with Gasteiger partial charge in [-0.1, -0.05) is 26.2 Å². The molecule has 0 amide bonds. The highest BCUT2D eigenvalue weighted by Gasteiger charge is 2.24. The SMILES string of the molecule is CC[C@H]1CCCC[C@H]1Nc1cc(NCc2ccc[n+]([O-])c2)n2ncc(Br)c2n1. The number of hydrogen-bond donors (Lipinski definition) is 2. The first-order valence-corrected chi connectivity index (χ1v) is 10.7. The van der Waals surface area contributed by atoms with Crippen molar-refractivity contribution < 1.29 is 4.73 Å². The van der Waals surface area contributed by atoms with E-state index in [9.17, 15) is 5.21 Å². The second-order valence-electron chi connectivity index (χ2n) is 7.38. The van der Waals surface area contributed by atoms with Crippen molar-refractivity contribution in [3.05, 3.63) is 52.0 Å². The van der Waals surface area contributed by atoms with E-state index in [4.69, 9.17) is 4.98 Å². The zero-order valence-corrected chi connectivity index (χ0v) is 17.5. The summed E-state index contributed by atoms with van der Waals surface area (Å²) in [6.07, 6.45) is 11.0. The van der Waals surface area contributed by atoms with Crippen LogP contribution >= 0.6 is 15.9 Å². The molecule has 0 bridgehead atoms. The molecular weight excluding hydrogens is 420 g/mol. The Morgan fingerprint density at radius 2 is 2.21 bits per heavy atom. The maximum absolute atomic E-state index is 11.5. The second kappa shape index (κ2) is 8.34. The van der Waals surface area contributed by atoms with Gasteiger partial charge >= 0.3 is 0 Å². The third kappa shape index (κ3) is 4.06. The van der Waals surface area contributed by atoms with Crippen LogP contribution in [-0.2, 0) is 6.54 Å². The van der Waals surface area contributed by atoms with Crippen LogP contribution in [0.3, 0.4) is 0 Å². The smallest absolute Gasteiger partial charge is 0.185 e. The molecule has 3 heterocycles. The lowest BCUT2D eigenvalue weighted by molar-refractivity contribution is -0.605. The molecule has 0 radical (unpaired) electrons. The molecule has 0 unspecified atom stereocenters. The Balaban J connectivity index is 1.60. The van der Waals surface area contributed by atoms with Gasteiger partial charge in [-0.15, -0.1) is 0 Å². The maximum atomic E-state index is 11.5. The number of hydrogen-bond acceptors (Lipinski definition) is 5. The van der Waals surface area contributed by atoms with Crippen molar-refractivity contribution >= 4 is 33.2 Å². The summed E-state index contributed by atoms with van der Waals surface area (Å²) in [5.74, 6) is 2.38. The van der Waals surface area contributed by atoms with E-state index in [1.54, 1.807) is 23.0 Å². The van der Waals surface area contributed by atoms with Crippen molar-refractivity contribution in [2.75, 3.05) is 10.6 Å².